The predicted molar refractivity (Wildman–Crippen MR) is 68.7 cm³/mol. The Morgan fingerprint density at radius 1 is 1.44 bits per heavy atom. The average molecular weight is 228 g/mol. The van der Waals surface area contributed by atoms with Crippen LogP contribution in [0.2, 0.25) is 0 Å². The SMILES string of the molecule is CCCC(O)CNCCC1CCCCN1C. The summed E-state index contributed by atoms with van der Waals surface area (Å²) in [6.07, 6.45) is 7.12. The number of aliphatic hydroxyl groups is 1. The number of aliphatic hydroxyl groups excluding tert-OH is 1. The van der Waals surface area contributed by atoms with Gasteiger partial charge in [0.2, 0.25) is 0 Å². The van der Waals surface area contributed by atoms with Gasteiger partial charge in [-0.3, -0.25) is 0 Å². The molecule has 1 aliphatic rings. The van der Waals surface area contributed by atoms with E-state index in [9.17, 15) is 5.11 Å². The number of nitrogens with zero attached hydrogens (tertiary/aromatic N) is 1. The van der Waals surface area contributed by atoms with Crippen molar-refractivity contribution in [1.82, 2.24) is 10.2 Å². The first-order valence-corrected chi connectivity index (χ1v) is 6.83. The van der Waals surface area contributed by atoms with Gasteiger partial charge in [0.25, 0.3) is 0 Å². The topological polar surface area (TPSA) is 35.5 Å². The highest BCUT2D eigenvalue weighted by Crippen LogP contribution is 2.16. The Morgan fingerprint density at radius 3 is 2.94 bits per heavy atom. The van der Waals surface area contributed by atoms with E-state index in [1.165, 1.54) is 32.2 Å². The van der Waals surface area contributed by atoms with Gasteiger partial charge in [-0.15, -0.1) is 0 Å². The first kappa shape index (κ1) is 13.9. The van der Waals surface area contributed by atoms with E-state index in [4.69, 9.17) is 0 Å². The lowest BCUT2D eigenvalue weighted by molar-refractivity contribution is 0.153. The molecule has 0 aliphatic carbocycles. The molecular weight excluding hydrogens is 200 g/mol. The van der Waals surface area contributed by atoms with E-state index in [1.54, 1.807) is 0 Å². The van der Waals surface area contributed by atoms with E-state index in [0.29, 0.717) is 0 Å². The van der Waals surface area contributed by atoms with E-state index in [0.717, 1.165) is 32.0 Å². The maximum absolute atomic E-state index is 9.57. The Kier molecular flexibility index (Phi) is 7.01. The fourth-order valence-electron chi connectivity index (χ4n) is 2.48. The number of hydrogen-bond acceptors (Lipinski definition) is 3. The first-order chi connectivity index (χ1) is 7.74. The molecule has 3 heteroatoms. The van der Waals surface area contributed by atoms with Gasteiger partial charge in [0, 0.05) is 12.6 Å². The van der Waals surface area contributed by atoms with Crippen LogP contribution < -0.4 is 5.32 Å². The molecule has 1 saturated heterocycles. The lowest BCUT2D eigenvalue weighted by atomic mass is 10.0. The number of rotatable bonds is 7. The van der Waals surface area contributed by atoms with Crippen LogP contribution in [0, 0.1) is 0 Å². The Hall–Kier alpha value is -0.120. The van der Waals surface area contributed by atoms with Gasteiger partial charge in [0.05, 0.1) is 6.10 Å². The van der Waals surface area contributed by atoms with Gasteiger partial charge in [-0.2, -0.15) is 0 Å². The summed E-state index contributed by atoms with van der Waals surface area (Å²) in [4.78, 5) is 2.48. The number of hydrogen-bond donors (Lipinski definition) is 2. The number of piperidine rings is 1. The third-order valence-electron chi connectivity index (χ3n) is 3.58. The average Bonchev–Trinajstić information content (AvgIpc) is 2.27. The largest absolute Gasteiger partial charge is 0.392 e. The minimum Gasteiger partial charge on any atom is -0.392 e. The van der Waals surface area contributed by atoms with Gasteiger partial charge in [-0.05, 0) is 45.8 Å². The van der Waals surface area contributed by atoms with Crippen molar-refractivity contribution in [3.8, 4) is 0 Å². The summed E-state index contributed by atoms with van der Waals surface area (Å²) in [6, 6.07) is 0.754. The van der Waals surface area contributed by atoms with Gasteiger partial charge in [-0.1, -0.05) is 19.8 Å². The Labute approximate surface area is 100 Å². The summed E-state index contributed by atoms with van der Waals surface area (Å²) in [7, 11) is 2.23. The maximum atomic E-state index is 9.57. The lowest BCUT2D eigenvalue weighted by Gasteiger charge is -2.32. The molecule has 0 aromatic carbocycles. The maximum Gasteiger partial charge on any atom is 0.0664 e. The molecule has 1 aliphatic heterocycles. The van der Waals surface area contributed by atoms with Crippen molar-refractivity contribution in [3.63, 3.8) is 0 Å². The molecule has 0 aromatic heterocycles. The Bertz CT molecular complexity index is 175. The molecule has 1 fully saturated rings. The normalized spacial score (nSPS) is 24.6. The van der Waals surface area contributed by atoms with Crippen molar-refractivity contribution in [2.45, 2.75) is 57.6 Å². The third-order valence-corrected chi connectivity index (χ3v) is 3.58. The van der Waals surface area contributed by atoms with E-state index in [2.05, 4.69) is 24.2 Å². The molecule has 2 N–H and O–H groups in total. The second-order valence-electron chi connectivity index (χ2n) is 5.07. The molecule has 1 rings (SSSR count). The van der Waals surface area contributed by atoms with Crippen molar-refractivity contribution in [2.75, 3.05) is 26.7 Å². The molecule has 1 heterocycles. The molecule has 2 unspecified atom stereocenters. The van der Waals surface area contributed by atoms with Crippen LogP contribution in [0.1, 0.15) is 45.4 Å². The second kappa shape index (κ2) is 8.04. The molecule has 0 spiro atoms. The van der Waals surface area contributed by atoms with E-state index in [1.807, 2.05) is 0 Å². The predicted octanol–water partition coefficient (Wildman–Crippen LogP) is 1.61. The van der Waals surface area contributed by atoms with Gasteiger partial charge in [0.1, 0.15) is 0 Å². The van der Waals surface area contributed by atoms with Gasteiger partial charge >= 0.3 is 0 Å². The molecule has 0 aromatic rings. The van der Waals surface area contributed by atoms with Crippen molar-refractivity contribution < 1.29 is 5.11 Å². The number of nitrogens with one attached hydrogen (secondary N) is 1. The minimum atomic E-state index is -0.158. The summed E-state index contributed by atoms with van der Waals surface area (Å²) in [5.74, 6) is 0. The zero-order valence-corrected chi connectivity index (χ0v) is 10.9. The van der Waals surface area contributed by atoms with Crippen LogP contribution in [-0.4, -0.2) is 48.8 Å². The molecule has 0 bridgehead atoms. The number of likely N-dealkylation sites (tertiary alicyclic amines) is 1. The molecule has 16 heavy (non-hydrogen) atoms. The van der Waals surface area contributed by atoms with Crippen LogP contribution >= 0.6 is 0 Å². The van der Waals surface area contributed by atoms with E-state index >= 15 is 0 Å². The fraction of sp³-hybridized carbons (Fsp3) is 1.00. The van der Waals surface area contributed by atoms with Crippen LogP contribution in [-0.2, 0) is 0 Å². The lowest BCUT2D eigenvalue weighted by Crippen LogP contribution is -2.39. The molecule has 0 amide bonds. The van der Waals surface area contributed by atoms with Crippen molar-refractivity contribution in [1.29, 1.82) is 0 Å². The smallest absolute Gasteiger partial charge is 0.0664 e. The highest BCUT2D eigenvalue weighted by Gasteiger charge is 2.17. The summed E-state index contributed by atoms with van der Waals surface area (Å²) in [5.41, 5.74) is 0. The van der Waals surface area contributed by atoms with Gasteiger partial charge < -0.3 is 15.3 Å². The van der Waals surface area contributed by atoms with Crippen LogP contribution in [0.4, 0.5) is 0 Å². The van der Waals surface area contributed by atoms with E-state index in [-0.39, 0.29) is 6.10 Å². The highest BCUT2D eigenvalue weighted by molar-refractivity contribution is 4.75. The van der Waals surface area contributed by atoms with Gasteiger partial charge in [0.15, 0.2) is 0 Å². The fourth-order valence-corrected chi connectivity index (χ4v) is 2.48. The molecule has 0 saturated carbocycles. The Balaban J connectivity index is 2.01. The summed E-state index contributed by atoms with van der Waals surface area (Å²) >= 11 is 0. The summed E-state index contributed by atoms with van der Waals surface area (Å²) < 4.78 is 0. The quantitative estimate of drug-likeness (QED) is 0.650. The zero-order chi connectivity index (χ0) is 11.8. The minimum absolute atomic E-state index is 0.158. The Morgan fingerprint density at radius 2 is 2.25 bits per heavy atom. The second-order valence-corrected chi connectivity index (χ2v) is 5.07. The monoisotopic (exact) mass is 228 g/mol. The first-order valence-electron chi connectivity index (χ1n) is 6.83. The molecular formula is C13H28N2O. The van der Waals surface area contributed by atoms with Crippen LogP contribution in [0.25, 0.3) is 0 Å². The third kappa shape index (κ3) is 5.28. The van der Waals surface area contributed by atoms with Crippen LogP contribution in [0.15, 0.2) is 0 Å². The standard InChI is InChI=1S/C13H28N2O/c1-3-6-13(16)11-14-9-8-12-7-4-5-10-15(12)2/h12-14,16H,3-11H2,1-2H3. The van der Waals surface area contributed by atoms with Crippen molar-refractivity contribution in [3.05, 3.63) is 0 Å². The molecule has 0 radical (unpaired) electrons. The van der Waals surface area contributed by atoms with Crippen LogP contribution in [0.3, 0.4) is 0 Å². The molecule has 2 atom stereocenters. The van der Waals surface area contributed by atoms with Crippen LogP contribution in [0.5, 0.6) is 0 Å². The van der Waals surface area contributed by atoms with Crippen molar-refractivity contribution >= 4 is 0 Å². The van der Waals surface area contributed by atoms with Crippen molar-refractivity contribution in [2.24, 2.45) is 0 Å². The van der Waals surface area contributed by atoms with E-state index < -0.39 is 0 Å². The molecule has 96 valence electrons. The zero-order valence-electron chi connectivity index (χ0n) is 10.9. The molecule has 3 nitrogen and oxygen atoms in total. The summed E-state index contributed by atoms with van der Waals surface area (Å²) in [6.45, 7) is 5.16. The van der Waals surface area contributed by atoms with Gasteiger partial charge in [-0.25, -0.2) is 0 Å². The summed E-state index contributed by atoms with van der Waals surface area (Å²) in [5, 5.41) is 12.9. The highest BCUT2D eigenvalue weighted by atomic mass is 16.3.